The lowest BCUT2D eigenvalue weighted by Gasteiger charge is -2.27. The van der Waals surface area contributed by atoms with Gasteiger partial charge in [0.2, 0.25) is 0 Å². The van der Waals surface area contributed by atoms with E-state index in [4.69, 9.17) is 0 Å². The van der Waals surface area contributed by atoms with Crippen molar-refractivity contribution in [2.75, 3.05) is 6.61 Å². The third kappa shape index (κ3) is 4.58. The average molecular weight is 306 g/mol. The molecule has 0 fully saturated rings. The van der Waals surface area contributed by atoms with Crippen LogP contribution in [0.3, 0.4) is 0 Å². The zero-order valence-corrected chi connectivity index (χ0v) is 12.4. The Hall–Kier alpha value is -1.33. The van der Waals surface area contributed by atoms with Gasteiger partial charge in [-0.05, 0) is 52.4 Å². The lowest BCUT2D eigenvalue weighted by atomic mass is 9.78. The summed E-state index contributed by atoms with van der Waals surface area (Å²) in [6.07, 6.45) is 0.885. The minimum atomic E-state index is -5.04. The maximum Gasteiger partial charge on any atom is 0.451 e. The van der Waals surface area contributed by atoms with Crippen LogP contribution < -0.4 is 0 Å². The van der Waals surface area contributed by atoms with E-state index in [9.17, 15) is 22.8 Å². The maximum atomic E-state index is 12.7. The molecular formula is C15H21F3O3. The summed E-state index contributed by atoms with van der Waals surface area (Å²) >= 11 is 0. The molecule has 1 aliphatic carbocycles. The van der Waals surface area contributed by atoms with E-state index in [1.54, 1.807) is 0 Å². The first-order valence-corrected chi connectivity index (χ1v) is 7.18. The molecule has 1 rings (SSSR count). The highest BCUT2D eigenvalue weighted by Crippen LogP contribution is 2.36. The van der Waals surface area contributed by atoms with Gasteiger partial charge in [0.05, 0.1) is 6.61 Å². The van der Waals surface area contributed by atoms with Gasteiger partial charge < -0.3 is 4.74 Å². The minimum absolute atomic E-state index is 0.0533. The van der Waals surface area contributed by atoms with Gasteiger partial charge in [0.15, 0.2) is 0 Å². The Balaban J connectivity index is 2.88. The predicted molar refractivity (Wildman–Crippen MR) is 71.6 cm³/mol. The maximum absolute atomic E-state index is 12.7. The third-order valence-electron chi connectivity index (χ3n) is 3.82. The molecule has 21 heavy (non-hydrogen) atoms. The Bertz CT molecular complexity index is 426. The molecule has 0 saturated heterocycles. The first kappa shape index (κ1) is 17.7. The second kappa shape index (κ2) is 7.09. The van der Waals surface area contributed by atoms with Crippen LogP contribution in [-0.2, 0) is 14.3 Å². The SMILES string of the molecule is CCOC(=O)C(C)(CCC1=CCCCC1)C(=O)C(F)(F)F. The van der Waals surface area contributed by atoms with Crippen LogP contribution in [0.5, 0.6) is 0 Å². The third-order valence-corrected chi connectivity index (χ3v) is 3.82. The Morgan fingerprint density at radius 2 is 1.95 bits per heavy atom. The van der Waals surface area contributed by atoms with E-state index in [2.05, 4.69) is 4.74 Å². The van der Waals surface area contributed by atoms with Crippen molar-refractivity contribution in [2.45, 2.75) is 58.5 Å². The summed E-state index contributed by atoms with van der Waals surface area (Å²) in [5.74, 6) is -3.12. The van der Waals surface area contributed by atoms with Gasteiger partial charge in [-0.15, -0.1) is 0 Å². The molecule has 0 aliphatic heterocycles. The zero-order chi connectivity index (χ0) is 16.1. The highest BCUT2D eigenvalue weighted by atomic mass is 19.4. The van der Waals surface area contributed by atoms with E-state index >= 15 is 0 Å². The number of halogens is 3. The van der Waals surface area contributed by atoms with Gasteiger partial charge in [-0.2, -0.15) is 13.2 Å². The summed E-state index contributed by atoms with van der Waals surface area (Å²) in [5.41, 5.74) is -1.14. The van der Waals surface area contributed by atoms with Gasteiger partial charge in [0.1, 0.15) is 5.41 Å². The average Bonchev–Trinajstić information content (AvgIpc) is 2.44. The van der Waals surface area contributed by atoms with Crippen molar-refractivity contribution in [1.29, 1.82) is 0 Å². The predicted octanol–water partition coefficient (Wildman–Crippen LogP) is 3.97. The molecule has 0 aromatic heterocycles. The van der Waals surface area contributed by atoms with Gasteiger partial charge >= 0.3 is 12.1 Å². The molecule has 0 saturated carbocycles. The van der Waals surface area contributed by atoms with Crippen LogP contribution >= 0.6 is 0 Å². The van der Waals surface area contributed by atoms with E-state index in [0.29, 0.717) is 6.42 Å². The van der Waals surface area contributed by atoms with Gasteiger partial charge in [-0.3, -0.25) is 9.59 Å². The number of alkyl halides is 3. The molecule has 0 radical (unpaired) electrons. The fourth-order valence-electron chi connectivity index (χ4n) is 2.45. The van der Waals surface area contributed by atoms with Crippen LogP contribution in [0.25, 0.3) is 0 Å². The lowest BCUT2D eigenvalue weighted by Crippen LogP contribution is -2.45. The van der Waals surface area contributed by atoms with Crippen molar-refractivity contribution in [1.82, 2.24) is 0 Å². The van der Waals surface area contributed by atoms with E-state index in [1.165, 1.54) is 6.92 Å². The summed E-state index contributed by atoms with van der Waals surface area (Å²) in [4.78, 5) is 23.5. The molecule has 1 unspecified atom stereocenters. The van der Waals surface area contributed by atoms with E-state index in [0.717, 1.165) is 38.2 Å². The Morgan fingerprint density at radius 3 is 2.43 bits per heavy atom. The molecule has 0 spiro atoms. The minimum Gasteiger partial charge on any atom is -0.465 e. The number of ketones is 1. The van der Waals surface area contributed by atoms with Crippen LogP contribution in [-0.4, -0.2) is 24.5 Å². The molecule has 3 nitrogen and oxygen atoms in total. The molecule has 6 heteroatoms. The second-order valence-corrected chi connectivity index (χ2v) is 5.49. The molecular weight excluding hydrogens is 285 g/mol. The molecule has 1 aliphatic rings. The van der Waals surface area contributed by atoms with Crippen molar-refractivity contribution in [2.24, 2.45) is 5.41 Å². The highest BCUT2D eigenvalue weighted by molar-refractivity contribution is 6.06. The molecule has 0 aromatic rings. The van der Waals surface area contributed by atoms with Crippen LogP contribution in [0.15, 0.2) is 11.6 Å². The van der Waals surface area contributed by atoms with Gasteiger partial charge in [-0.25, -0.2) is 0 Å². The smallest absolute Gasteiger partial charge is 0.451 e. The fourth-order valence-corrected chi connectivity index (χ4v) is 2.45. The van der Waals surface area contributed by atoms with Crippen molar-refractivity contribution < 1.29 is 27.5 Å². The first-order chi connectivity index (χ1) is 9.71. The number of rotatable bonds is 6. The van der Waals surface area contributed by atoms with Crippen molar-refractivity contribution in [3.05, 3.63) is 11.6 Å². The molecule has 120 valence electrons. The van der Waals surface area contributed by atoms with Crippen LogP contribution in [0.1, 0.15) is 52.4 Å². The normalized spacial score (nSPS) is 18.6. The highest BCUT2D eigenvalue weighted by Gasteiger charge is 2.54. The summed E-state index contributed by atoms with van der Waals surface area (Å²) in [6, 6.07) is 0. The number of hydrogen-bond acceptors (Lipinski definition) is 3. The molecule has 0 N–H and O–H groups in total. The van der Waals surface area contributed by atoms with Gasteiger partial charge in [-0.1, -0.05) is 11.6 Å². The summed E-state index contributed by atoms with van der Waals surface area (Å²) in [7, 11) is 0. The number of esters is 1. The number of carbonyl (C=O) groups is 2. The van der Waals surface area contributed by atoms with E-state index in [-0.39, 0.29) is 13.0 Å². The summed E-state index contributed by atoms with van der Waals surface area (Å²) in [6.45, 7) is 2.48. The Morgan fingerprint density at radius 1 is 1.29 bits per heavy atom. The Kier molecular flexibility index (Phi) is 5.98. The van der Waals surface area contributed by atoms with Gasteiger partial charge in [0.25, 0.3) is 5.78 Å². The van der Waals surface area contributed by atoms with Crippen LogP contribution in [0, 0.1) is 5.41 Å². The quantitative estimate of drug-likeness (QED) is 0.424. The fraction of sp³-hybridized carbons (Fsp3) is 0.733. The number of carbonyl (C=O) groups excluding carboxylic acids is 2. The monoisotopic (exact) mass is 306 g/mol. The largest absolute Gasteiger partial charge is 0.465 e. The number of ether oxygens (including phenoxy) is 1. The van der Waals surface area contributed by atoms with Crippen LogP contribution in [0.2, 0.25) is 0 Å². The van der Waals surface area contributed by atoms with Gasteiger partial charge in [0, 0.05) is 0 Å². The van der Waals surface area contributed by atoms with E-state index < -0.39 is 23.3 Å². The van der Waals surface area contributed by atoms with Crippen molar-refractivity contribution in [3.8, 4) is 0 Å². The lowest BCUT2D eigenvalue weighted by molar-refractivity contribution is -0.189. The molecule has 0 amide bonds. The molecule has 0 aromatic carbocycles. The molecule has 1 atom stereocenters. The first-order valence-electron chi connectivity index (χ1n) is 7.18. The Labute approximate surface area is 122 Å². The number of hydrogen-bond donors (Lipinski definition) is 0. The zero-order valence-electron chi connectivity index (χ0n) is 12.4. The standard InChI is InChI=1S/C15H21F3O3/c1-3-21-13(20)14(2,12(19)15(16,17)18)10-9-11-7-5-4-6-8-11/h7H,3-6,8-10H2,1-2H3. The number of Topliss-reactive ketones (excluding diaryl/α,β-unsaturated/α-hetero) is 1. The van der Waals surface area contributed by atoms with E-state index in [1.807, 2.05) is 6.08 Å². The summed E-state index contributed by atoms with van der Waals surface area (Å²) in [5, 5.41) is 0. The molecule has 0 bridgehead atoms. The summed E-state index contributed by atoms with van der Waals surface area (Å²) < 4.78 is 42.9. The van der Waals surface area contributed by atoms with Crippen LogP contribution in [0.4, 0.5) is 13.2 Å². The topological polar surface area (TPSA) is 43.4 Å². The van der Waals surface area contributed by atoms with Crippen molar-refractivity contribution in [3.63, 3.8) is 0 Å². The number of allylic oxidation sites excluding steroid dienone is 2. The molecule has 0 heterocycles. The second-order valence-electron chi connectivity index (χ2n) is 5.49. The van der Waals surface area contributed by atoms with Crippen molar-refractivity contribution >= 4 is 11.8 Å².